The van der Waals surface area contributed by atoms with Crippen molar-refractivity contribution in [2.45, 2.75) is 37.8 Å². The van der Waals surface area contributed by atoms with Crippen LogP contribution in [0.5, 0.6) is 0 Å². The molecule has 72 valence electrons. The van der Waals surface area contributed by atoms with Gasteiger partial charge in [0.15, 0.2) is 0 Å². The molecule has 1 aliphatic carbocycles. The highest BCUT2D eigenvalue weighted by atomic mass is 16.5. The molecule has 1 fully saturated rings. The van der Waals surface area contributed by atoms with Crippen molar-refractivity contribution in [3.05, 3.63) is 0 Å². The molecule has 0 amide bonds. The van der Waals surface area contributed by atoms with E-state index in [1.165, 1.54) is 19.3 Å². The molecule has 3 nitrogen and oxygen atoms in total. The third-order valence-electron chi connectivity index (χ3n) is 2.50. The van der Waals surface area contributed by atoms with E-state index in [0.29, 0.717) is 12.1 Å². The Kier molecular flexibility index (Phi) is 4.58. The van der Waals surface area contributed by atoms with Crippen LogP contribution in [0.3, 0.4) is 0 Å². The molecule has 0 spiro atoms. The van der Waals surface area contributed by atoms with Gasteiger partial charge in [0.2, 0.25) is 0 Å². The summed E-state index contributed by atoms with van der Waals surface area (Å²) in [5, 5.41) is 3.46. The summed E-state index contributed by atoms with van der Waals surface area (Å²) in [6.45, 7) is 1.88. The monoisotopic (exact) mass is 172 g/mol. The Morgan fingerprint density at radius 2 is 2.33 bits per heavy atom. The van der Waals surface area contributed by atoms with Crippen molar-refractivity contribution < 1.29 is 4.74 Å². The van der Waals surface area contributed by atoms with E-state index in [-0.39, 0.29) is 0 Å². The van der Waals surface area contributed by atoms with Crippen LogP contribution >= 0.6 is 0 Å². The summed E-state index contributed by atoms with van der Waals surface area (Å²) in [5.41, 5.74) is 5.90. The Morgan fingerprint density at radius 1 is 1.50 bits per heavy atom. The van der Waals surface area contributed by atoms with E-state index in [0.717, 1.165) is 19.6 Å². The summed E-state index contributed by atoms with van der Waals surface area (Å²) < 4.78 is 4.96. The van der Waals surface area contributed by atoms with Gasteiger partial charge in [-0.05, 0) is 25.8 Å². The average molecular weight is 172 g/mol. The van der Waals surface area contributed by atoms with E-state index in [1.54, 1.807) is 7.11 Å². The van der Waals surface area contributed by atoms with Crippen molar-refractivity contribution in [2.24, 2.45) is 5.73 Å². The molecule has 0 heterocycles. The van der Waals surface area contributed by atoms with E-state index in [2.05, 4.69) is 5.32 Å². The van der Waals surface area contributed by atoms with Crippen LogP contribution in [-0.4, -0.2) is 32.3 Å². The first-order valence-corrected chi connectivity index (χ1v) is 4.82. The number of rotatable bonds is 5. The lowest BCUT2D eigenvalue weighted by molar-refractivity contribution is 0.193. The molecule has 0 bridgehead atoms. The highest BCUT2D eigenvalue weighted by Crippen LogP contribution is 2.16. The molecule has 1 rings (SSSR count). The molecule has 0 aromatic carbocycles. The Labute approximate surface area is 74.7 Å². The molecular formula is C9H20N2O. The van der Waals surface area contributed by atoms with Gasteiger partial charge in [-0.25, -0.2) is 0 Å². The number of nitrogens with two attached hydrogens (primary N) is 1. The second kappa shape index (κ2) is 5.51. The molecule has 0 aliphatic heterocycles. The lowest BCUT2D eigenvalue weighted by atomic mass is 10.2. The lowest BCUT2D eigenvalue weighted by Gasteiger charge is -2.16. The average Bonchev–Trinajstić information content (AvgIpc) is 2.46. The van der Waals surface area contributed by atoms with Gasteiger partial charge >= 0.3 is 0 Å². The van der Waals surface area contributed by atoms with Gasteiger partial charge in [-0.3, -0.25) is 0 Å². The van der Waals surface area contributed by atoms with E-state index in [1.807, 2.05) is 0 Å². The summed E-state index contributed by atoms with van der Waals surface area (Å²) in [6.07, 6.45) is 4.79. The van der Waals surface area contributed by atoms with Gasteiger partial charge in [0.05, 0.1) is 0 Å². The Bertz CT molecular complexity index is 119. The van der Waals surface area contributed by atoms with E-state index in [4.69, 9.17) is 10.5 Å². The summed E-state index contributed by atoms with van der Waals surface area (Å²) in [7, 11) is 1.74. The van der Waals surface area contributed by atoms with Crippen LogP contribution < -0.4 is 11.1 Å². The fourth-order valence-electron chi connectivity index (χ4n) is 1.75. The van der Waals surface area contributed by atoms with E-state index < -0.39 is 0 Å². The molecular weight excluding hydrogens is 152 g/mol. The van der Waals surface area contributed by atoms with Crippen LogP contribution in [0.1, 0.15) is 25.7 Å². The zero-order valence-electron chi connectivity index (χ0n) is 7.88. The maximum absolute atomic E-state index is 5.90. The maximum atomic E-state index is 5.90. The van der Waals surface area contributed by atoms with Gasteiger partial charge in [-0.2, -0.15) is 0 Å². The normalized spacial score (nSPS) is 29.5. The molecule has 3 heteroatoms. The standard InChI is InChI=1S/C9H20N2O/c1-12-7-3-6-11-9-5-2-4-8(9)10/h8-9,11H,2-7,10H2,1H3. The summed E-state index contributed by atoms with van der Waals surface area (Å²) in [6, 6.07) is 0.939. The van der Waals surface area contributed by atoms with Crippen LogP contribution in [0.4, 0.5) is 0 Å². The molecule has 1 saturated carbocycles. The highest BCUT2D eigenvalue weighted by molar-refractivity contribution is 4.85. The van der Waals surface area contributed by atoms with Crippen molar-refractivity contribution >= 4 is 0 Å². The van der Waals surface area contributed by atoms with Crippen molar-refractivity contribution in [2.75, 3.05) is 20.3 Å². The SMILES string of the molecule is COCCCNC1CCCC1N. The predicted octanol–water partition coefficient (Wildman–Crippen LogP) is 0.492. The highest BCUT2D eigenvalue weighted by Gasteiger charge is 2.22. The smallest absolute Gasteiger partial charge is 0.0474 e. The number of hydrogen-bond donors (Lipinski definition) is 2. The van der Waals surface area contributed by atoms with Crippen molar-refractivity contribution in [1.29, 1.82) is 0 Å². The van der Waals surface area contributed by atoms with Gasteiger partial charge in [0, 0.05) is 25.8 Å². The van der Waals surface area contributed by atoms with Crippen LogP contribution in [-0.2, 0) is 4.74 Å². The number of nitrogens with one attached hydrogen (secondary N) is 1. The predicted molar refractivity (Wildman–Crippen MR) is 50.1 cm³/mol. The molecule has 3 N–H and O–H groups in total. The Hall–Kier alpha value is -0.120. The molecule has 0 radical (unpaired) electrons. The van der Waals surface area contributed by atoms with Gasteiger partial charge in [-0.15, -0.1) is 0 Å². The van der Waals surface area contributed by atoms with Gasteiger partial charge in [-0.1, -0.05) is 6.42 Å². The third kappa shape index (κ3) is 3.09. The molecule has 2 unspecified atom stereocenters. The second-order valence-electron chi connectivity index (χ2n) is 3.50. The van der Waals surface area contributed by atoms with Gasteiger partial charge in [0.25, 0.3) is 0 Å². The zero-order chi connectivity index (χ0) is 8.81. The second-order valence-corrected chi connectivity index (χ2v) is 3.50. The van der Waals surface area contributed by atoms with Gasteiger partial charge < -0.3 is 15.8 Å². The largest absolute Gasteiger partial charge is 0.385 e. The van der Waals surface area contributed by atoms with Crippen molar-refractivity contribution in [1.82, 2.24) is 5.32 Å². The van der Waals surface area contributed by atoms with Crippen molar-refractivity contribution in [3.8, 4) is 0 Å². The number of ether oxygens (including phenoxy) is 1. The number of hydrogen-bond acceptors (Lipinski definition) is 3. The molecule has 12 heavy (non-hydrogen) atoms. The first kappa shape index (κ1) is 9.96. The molecule has 0 aromatic rings. The topological polar surface area (TPSA) is 47.3 Å². The third-order valence-corrected chi connectivity index (χ3v) is 2.50. The number of methoxy groups -OCH3 is 1. The maximum Gasteiger partial charge on any atom is 0.0474 e. The zero-order valence-corrected chi connectivity index (χ0v) is 7.88. The molecule has 0 aromatic heterocycles. The molecule has 0 saturated heterocycles. The van der Waals surface area contributed by atoms with Crippen LogP contribution in [0.2, 0.25) is 0 Å². The van der Waals surface area contributed by atoms with Crippen molar-refractivity contribution in [3.63, 3.8) is 0 Å². The van der Waals surface area contributed by atoms with Gasteiger partial charge in [0.1, 0.15) is 0 Å². The Morgan fingerprint density at radius 3 is 2.92 bits per heavy atom. The molecule has 1 aliphatic rings. The first-order chi connectivity index (χ1) is 5.84. The minimum absolute atomic E-state index is 0.382. The Balaban J connectivity index is 1.98. The minimum atomic E-state index is 0.382. The minimum Gasteiger partial charge on any atom is -0.385 e. The summed E-state index contributed by atoms with van der Waals surface area (Å²) in [4.78, 5) is 0. The van der Waals surface area contributed by atoms with E-state index >= 15 is 0 Å². The lowest BCUT2D eigenvalue weighted by Crippen LogP contribution is -2.41. The summed E-state index contributed by atoms with van der Waals surface area (Å²) >= 11 is 0. The van der Waals surface area contributed by atoms with E-state index in [9.17, 15) is 0 Å². The fraction of sp³-hybridized carbons (Fsp3) is 1.00. The van der Waals surface area contributed by atoms with Crippen LogP contribution in [0.15, 0.2) is 0 Å². The quantitative estimate of drug-likeness (QED) is 0.593. The molecule has 2 atom stereocenters. The van der Waals surface area contributed by atoms with Crippen LogP contribution in [0, 0.1) is 0 Å². The summed E-state index contributed by atoms with van der Waals surface area (Å²) in [5.74, 6) is 0. The fourth-order valence-corrected chi connectivity index (χ4v) is 1.75. The first-order valence-electron chi connectivity index (χ1n) is 4.82. The van der Waals surface area contributed by atoms with Crippen LogP contribution in [0.25, 0.3) is 0 Å².